The zero-order chi connectivity index (χ0) is 27.7. The van der Waals surface area contributed by atoms with E-state index >= 15 is 0 Å². The number of benzene rings is 1. The van der Waals surface area contributed by atoms with E-state index in [1.165, 1.54) is 29.3 Å². The van der Waals surface area contributed by atoms with Crippen LogP contribution in [0.1, 0.15) is 71.7 Å². The Kier molecular flexibility index (Phi) is 8.11. The van der Waals surface area contributed by atoms with Gasteiger partial charge in [0.1, 0.15) is 5.56 Å². The third kappa shape index (κ3) is 5.90. The number of rotatable bonds is 10. The summed E-state index contributed by atoms with van der Waals surface area (Å²) < 4.78 is 4.77. The lowest BCUT2D eigenvalue weighted by molar-refractivity contribution is 0.0869. The van der Waals surface area contributed by atoms with Gasteiger partial charge in [-0.2, -0.15) is 0 Å². The fourth-order valence-corrected chi connectivity index (χ4v) is 5.87. The first-order chi connectivity index (χ1) is 18.8. The Bertz CT molecular complexity index is 1360. The first-order valence-electron chi connectivity index (χ1n) is 13.5. The molecule has 10 nitrogen and oxygen atoms in total. The topological polar surface area (TPSA) is 138 Å². The van der Waals surface area contributed by atoms with Gasteiger partial charge in [-0.3, -0.25) is 14.5 Å². The van der Waals surface area contributed by atoms with Crippen LogP contribution in [0.2, 0.25) is 0 Å². The number of hydrogen-bond donors (Lipinski definition) is 4. The van der Waals surface area contributed by atoms with E-state index < -0.39 is 0 Å². The number of anilines is 2. The lowest BCUT2D eigenvalue weighted by atomic mass is 9.93. The largest absolute Gasteiger partial charge is 0.393 e. The van der Waals surface area contributed by atoms with E-state index in [1.807, 2.05) is 24.5 Å². The lowest BCUT2D eigenvalue weighted by Gasteiger charge is -2.26. The maximum Gasteiger partial charge on any atom is 0.259 e. The average molecular weight is 552 g/mol. The van der Waals surface area contributed by atoms with Crippen LogP contribution in [0.3, 0.4) is 0 Å². The highest BCUT2D eigenvalue weighted by Crippen LogP contribution is 2.36. The second-order valence-corrected chi connectivity index (χ2v) is 11.4. The summed E-state index contributed by atoms with van der Waals surface area (Å²) >= 11 is 1.42. The number of nitrogen functional groups attached to an aromatic ring is 1. The van der Waals surface area contributed by atoms with Crippen molar-refractivity contribution in [2.75, 3.05) is 23.8 Å². The summed E-state index contributed by atoms with van der Waals surface area (Å²) in [6.45, 7) is 2.87. The smallest absolute Gasteiger partial charge is 0.259 e. The molecule has 2 saturated carbocycles. The number of hydrogen-bond acceptors (Lipinski definition) is 9. The second kappa shape index (κ2) is 11.5. The highest BCUT2D eigenvalue weighted by molar-refractivity contribution is 7.99. The quantitative estimate of drug-likeness (QED) is 0.219. The van der Waals surface area contributed by atoms with Crippen LogP contribution in [-0.4, -0.2) is 68.3 Å². The number of fused-ring (bicyclic) bond motifs is 1. The first kappa shape index (κ1) is 27.4. The summed E-state index contributed by atoms with van der Waals surface area (Å²) in [5.74, 6) is 0.512. The van der Waals surface area contributed by atoms with Crippen molar-refractivity contribution in [3.05, 3.63) is 41.1 Å². The van der Waals surface area contributed by atoms with Gasteiger partial charge in [0.05, 0.1) is 17.5 Å². The van der Waals surface area contributed by atoms with E-state index in [-0.39, 0.29) is 29.4 Å². The molecule has 5 N–H and O–H groups in total. The van der Waals surface area contributed by atoms with E-state index in [9.17, 15) is 14.7 Å². The fourth-order valence-electron chi connectivity index (χ4n) is 5.48. The number of nitrogens with one attached hydrogen (secondary N) is 2. The van der Waals surface area contributed by atoms with Gasteiger partial charge in [0.2, 0.25) is 0 Å². The molecule has 0 radical (unpaired) electrons. The number of carbonyl (C=O) groups excluding carboxylic acids is 2. The summed E-state index contributed by atoms with van der Waals surface area (Å²) in [5.41, 5.74) is 10.6. The normalized spacial score (nSPS) is 20.2. The van der Waals surface area contributed by atoms with Crippen molar-refractivity contribution in [3.63, 3.8) is 0 Å². The Morgan fingerprint density at radius 1 is 1.28 bits per heavy atom. The molecule has 11 heteroatoms. The Hall–Kier alpha value is -3.15. The van der Waals surface area contributed by atoms with Gasteiger partial charge in [-0.15, -0.1) is 5.10 Å². The molecule has 1 unspecified atom stereocenters. The number of aldehydes is 1. The van der Waals surface area contributed by atoms with Crippen LogP contribution in [0.4, 0.5) is 11.5 Å². The van der Waals surface area contributed by atoms with Crippen molar-refractivity contribution < 1.29 is 14.7 Å². The van der Waals surface area contributed by atoms with Crippen molar-refractivity contribution in [3.8, 4) is 11.3 Å². The summed E-state index contributed by atoms with van der Waals surface area (Å²) in [5, 5.41) is 17.2. The van der Waals surface area contributed by atoms with E-state index in [1.54, 1.807) is 6.20 Å². The minimum absolute atomic E-state index is 0.0212. The van der Waals surface area contributed by atoms with Gasteiger partial charge in [0.25, 0.3) is 5.91 Å². The summed E-state index contributed by atoms with van der Waals surface area (Å²) in [6, 6.07) is 6.18. The van der Waals surface area contributed by atoms with Crippen LogP contribution in [0.15, 0.2) is 24.4 Å². The SMILES string of the molecule is CSNc1cc(-c2ccn3nc(N)c(C(=O)NC4CCC(O)CC4)c3n2)cc(CN(C)C(C)C2CC2)c1C=O. The Balaban J connectivity index is 1.49. The summed E-state index contributed by atoms with van der Waals surface area (Å²) in [7, 11) is 2.10. The molecule has 3 aromatic rings. The first-order valence-corrected chi connectivity index (χ1v) is 14.8. The molecule has 2 heterocycles. The number of amides is 1. The Labute approximate surface area is 232 Å². The molecular formula is C28H37N7O3S. The number of aliphatic hydroxyl groups is 1. The molecule has 0 aliphatic heterocycles. The van der Waals surface area contributed by atoms with Gasteiger partial charge in [0, 0.05) is 42.2 Å². The van der Waals surface area contributed by atoms with Gasteiger partial charge < -0.3 is 20.9 Å². The highest BCUT2D eigenvalue weighted by atomic mass is 32.2. The number of nitrogens with two attached hydrogens (primary N) is 1. The number of aliphatic hydroxyl groups excluding tert-OH is 1. The molecule has 2 aliphatic rings. The van der Waals surface area contributed by atoms with Gasteiger partial charge >= 0.3 is 0 Å². The van der Waals surface area contributed by atoms with Crippen molar-refractivity contribution in [2.24, 2.45) is 5.92 Å². The van der Waals surface area contributed by atoms with Crippen LogP contribution in [0, 0.1) is 5.92 Å². The van der Waals surface area contributed by atoms with Crippen LogP contribution < -0.4 is 15.8 Å². The Morgan fingerprint density at radius 2 is 2.03 bits per heavy atom. The fraction of sp³-hybridized carbons (Fsp3) is 0.500. The van der Waals surface area contributed by atoms with Crippen LogP contribution >= 0.6 is 11.9 Å². The number of nitrogens with zero attached hydrogens (tertiary/aromatic N) is 4. The molecule has 0 spiro atoms. The Morgan fingerprint density at radius 3 is 2.69 bits per heavy atom. The van der Waals surface area contributed by atoms with Crippen molar-refractivity contribution in [1.29, 1.82) is 0 Å². The second-order valence-electron chi connectivity index (χ2n) is 10.8. The van der Waals surface area contributed by atoms with Gasteiger partial charge in [-0.05, 0) is 82.2 Å². The zero-order valence-corrected chi connectivity index (χ0v) is 23.5. The number of aromatic nitrogens is 3. The third-order valence-electron chi connectivity index (χ3n) is 8.08. The summed E-state index contributed by atoms with van der Waals surface area (Å²) in [4.78, 5) is 32.6. The molecule has 2 aliphatic carbocycles. The average Bonchev–Trinajstić information content (AvgIpc) is 3.71. The molecular weight excluding hydrogens is 514 g/mol. The predicted molar refractivity (Wildman–Crippen MR) is 155 cm³/mol. The minimum atomic E-state index is -0.314. The summed E-state index contributed by atoms with van der Waals surface area (Å²) in [6.07, 6.45) is 9.54. The van der Waals surface area contributed by atoms with Crippen LogP contribution in [-0.2, 0) is 6.54 Å². The van der Waals surface area contributed by atoms with E-state index in [4.69, 9.17) is 10.7 Å². The molecule has 39 heavy (non-hydrogen) atoms. The maximum atomic E-state index is 13.3. The van der Waals surface area contributed by atoms with Crippen LogP contribution in [0.5, 0.6) is 0 Å². The molecule has 2 aromatic heterocycles. The van der Waals surface area contributed by atoms with Crippen molar-refractivity contribution in [1.82, 2.24) is 24.8 Å². The molecule has 5 rings (SSSR count). The molecule has 1 aromatic carbocycles. The van der Waals surface area contributed by atoms with E-state index in [2.05, 4.69) is 34.0 Å². The maximum absolute atomic E-state index is 13.3. The van der Waals surface area contributed by atoms with Gasteiger partial charge in [-0.25, -0.2) is 9.50 Å². The molecule has 1 atom stereocenters. The highest BCUT2D eigenvalue weighted by Gasteiger charge is 2.31. The van der Waals surface area contributed by atoms with Crippen molar-refractivity contribution in [2.45, 2.75) is 70.2 Å². The standard InChI is InChI=1S/C28H37N7O3S/c1-16(17-4-5-17)34(2)14-19-12-18(13-24(33-39-3)22(19)15-36)23-10-11-35-27(31-23)25(26(29)32-35)28(38)30-20-6-8-21(37)9-7-20/h10-13,15-17,20-21,33,37H,4-9,14H2,1-3H3,(H2,29,32)(H,30,38). The zero-order valence-electron chi connectivity index (χ0n) is 22.7. The molecule has 0 saturated heterocycles. The molecule has 208 valence electrons. The molecule has 2 fully saturated rings. The van der Waals surface area contributed by atoms with E-state index in [0.29, 0.717) is 48.3 Å². The third-order valence-corrected chi connectivity index (χ3v) is 8.51. The van der Waals surface area contributed by atoms with E-state index in [0.717, 1.165) is 35.9 Å². The van der Waals surface area contributed by atoms with Gasteiger partial charge in [-0.1, -0.05) is 11.9 Å². The predicted octanol–water partition coefficient (Wildman–Crippen LogP) is 3.74. The minimum Gasteiger partial charge on any atom is -0.393 e. The lowest BCUT2D eigenvalue weighted by Crippen LogP contribution is -2.38. The van der Waals surface area contributed by atoms with Gasteiger partial charge in [0.15, 0.2) is 17.8 Å². The molecule has 1 amide bonds. The monoisotopic (exact) mass is 551 g/mol. The van der Waals surface area contributed by atoms with Crippen molar-refractivity contribution >= 4 is 41.3 Å². The van der Waals surface area contributed by atoms with Crippen LogP contribution in [0.25, 0.3) is 16.9 Å². The molecule has 0 bridgehead atoms. The number of carbonyl (C=O) groups is 2.